The van der Waals surface area contributed by atoms with Crippen LogP contribution in [0.4, 0.5) is 0 Å². The molecule has 2 aliphatic heterocycles. The second-order valence-electron chi connectivity index (χ2n) is 7.99. The fourth-order valence-corrected chi connectivity index (χ4v) is 4.51. The maximum Gasteiger partial charge on any atom is 0.295 e. The van der Waals surface area contributed by atoms with E-state index in [0.717, 1.165) is 36.4 Å². The van der Waals surface area contributed by atoms with Gasteiger partial charge in [0.15, 0.2) is 0 Å². The van der Waals surface area contributed by atoms with Gasteiger partial charge in [0.2, 0.25) is 0 Å². The molecule has 0 radical (unpaired) electrons. The molecule has 1 saturated heterocycles. The van der Waals surface area contributed by atoms with Crippen molar-refractivity contribution in [1.82, 2.24) is 9.80 Å². The standard InChI is InChI=1S/C25H27ClN2O4/c1-3-27(4-2)12-13-28-22(16-5-8-19(26)9-6-16)21(24(30)25(28)31)23(29)18-7-10-20-17(15-18)11-14-32-20/h5-10,15,22,29H,3-4,11-14H2,1-2H3/b23-21-. The van der Waals surface area contributed by atoms with Crippen LogP contribution in [0.3, 0.4) is 0 Å². The zero-order chi connectivity index (χ0) is 22.8. The monoisotopic (exact) mass is 454 g/mol. The number of fused-ring (bicyclic) bond motifs is 1. The number of likely N-dealkylation sites (tertiary alicyclic amines) is 1. The molecule has 0 saturated carbocycles. The number of benzene rings is 2. The van der Waals surface area contributed by atoms with Gasteiger partial charge < -0.3 is 19.6 Å². The van der Waals surface area contributed by atoms with Gasteiger partial charge in [-0.1, -0.05) is 37.6 Å². The number of halogens is 1. The van der Waals surface area contributed by atoms with Crippen LogP contribution in [0.25, 0.3) is 5.76 Å². The molecule has 2 aromatic carbocycles. The molecule has 1 amide bonds. The number of aliphatic hydroxyl groups is 1. The number of likely N-dealkylation sites (N-methyl/N-ethyl adjacent to an activating group) is 1. The first kappa shape index (κ1) is 22.4. The van der Waals surface area contributed by atoms with Gasteiger partial charge in [-0.2, -0.15) is 0 Å². The zero-order valence-electron chi connectivity index (χ0n) is 18.3. The van der Waals surface area contributed by atoms with Gasteiger partial charge in [-0.3, -0.25) is 9.59 Å². The van der Waals surface area contributed by atoms with Crippen molar-refractivity contribution in [2.75, 3.05) is 32.8 Å². The molecule has 1 unspecified atom stereocenters. The summed E-state index contributed by atoms with van der Waals surface area (Å²) in [5.41, 5.74) is 2.33. The molecule has 1 N–H and O–H groups in total. The predicted molar refractivity (Wildman–Crippen MR) is 124 cm³/mol. The van der Waals surface area contributed by atoms with Crippen molar-refractivity contribution in [3.8, 4) is 5.75 Å². The molecule has 0 aromatic heterocycles. The molecule has 2 heterocycles. The second kappa shape index (κ2) is 9.35. The SMILES string of the molecule is CCN(CC)CCN1C(=O)C(=O)/C(=C(\O)c2ccc3c(c2)CCO3)C1c1ccc(Cl)cc1. The minimum atomic E-state index is -0.674. The first-order valence-electron chi connectivity index (χ1n) is 11.0. The van der Waals surface area contributed by atoms with Gasteiger partial charge >= 0.3 is 0 Å². The predicted octanol–water partition coefficient (Wildman–Crippen LogP) is 4.04. The molecular formula is C25H27ClN2O4. The summed E-state index contributed by atoms with van der Waals surface area (Å²) >= 11 is 6.07. The molecule has 6 nitrogen and oxygen atoms in total. The molecule has 168 valence electrons. The molecular weight excluding hydrogens is 428 g/mol. The van der Waals surface area contributed by atoms with E-state index in [2.05, 4.69) is 18.7 Å². The Bertz CT molecular complexity index is 1060. The van der Waals surface area contributed by atoms with E-state index in [9.17, 15) is 14.7 Å². The summed E-state index contributed by atoms with van der Waals surface area (Å²) in [5.74, 6) is -0.638. The lowest BCUT2D eigenvalue weighted by atomic mass is 9.94. The van der Waals surface area contributed by atoms with E-state index in [0.29, 0.717) is 30.3 Å². The first-order chi connectivity index (χ1) is 15.4. The quantitative estimate of drug-likeness (QED) is 0.388. The molecule has 2 aliphatic rings. The fourth-order valence-electron chi connectivity index (χ4n) is 4.38. The van der Waals surface area contributed by atoms with E-state index < -0.39 is 17.7 Å². The van der Waals surface area contributed by atoms with Crippen molar-refractivity contribution in [3.05, 3.63) is 69.8 Å². The summed E-state index contributed by atoms with van der Waals surface area (Å²) in [6.45, 7) is 7.44. The Hall–Kier alpha value is -2.83. The van der Waals surface area contributed by atoms with Gasteiger partial charge in [-0.25, -0.2) is 0 Å². The maximum absolute atomic E-state index is 13.1. The summed E-state index contributed by atoms with van der Waals surface area (Å²) in [5, 5.41) is 11.8. The number of ether oxygens (including phenoxy) is 1. The van der Waals surface area contributed by atoms with Crippen molar-refractivity contribution >= 4 is 29.1 Å². The fraction of sp³-hybridized carbons (Fsp3) is 0.360. The average molecular weight is 455 g/mol. The van der Waals surface area contributed by atoms with Crippen LogP contribution in [0.1, 0.15) is 36.6 Å². The highest BCUT2D eigenvalue weighted by Crippen LogP contribution is 2.40. The van der Waals surface area contributed by atoms with Gasteiger partial charge in [0.25, 0.3) is 11.7 Å². The number of rotatable bonds is 7. The van der Waals surface area contributed by atoms with Crippen molar-refractivity contribution in [2.24, 2.45) is 0 Å². The van der Waals surface area contributed by atoms with Crippen LogP contribution in [-0.4, -0.2) is 59.4 Å². The lowest BCUT2D eigenvalue weighted by Gasteiger charge is -2.28. The molecule has 1 fully saturated rings. The number of hydrogen-bond donors (Lipinski definition) is 1. The van der Waals surface area contributed by atoms with Gasteiger partial charge in [0.1, 0.15) is 11.5 Å². The number of nitrogens with zero attached hydrogens (tertiary/aromatic N) is 2. The lowest BCUT2D eigenvalue weighted by molar-refractivity contribution is -0.140. The van der Waals surface area contributed by atoms with Crippen LogP contribution in [0.5, 0.6) is 5.75 Å². The van der Waals surface area contributed by atoms with Crippen LogP contribution in [0.2, 0.25) is 5.02 Å². The van der Waals surface area contributed by atoms with E-state index in [-0.39, 0.29) is 11.3 Å². The van der Waals surface area contributed by atoms with Gasteiger partial charge in [0.05, 0.1) is 18.2 Å². The molecule has 7 heteroatoms. The van der Waals surface area contributed by atoms with Crippen LogP contribution < -0.4 is 4.74 Å². The Morgan fingerprint density at radius 1 is 1.16 bits per heavy atom. The molecule has 2 aromatic rings. The number of hydrogen-bond acceptors (Lipinski definition) is 5. The average Bonchev–Trinajstić information content (AvgIpc) is 3.37. The Labute approximate surface area is 193 Å². The number of amides is 1. The minimum absolute atomic E-state index is 0.107. The third-order valence-corrected chi connectivity index (χ3v) is 6.49. The van der Waals surface area contributed by atoms with E-state index >= 15 is 0 Å². The Morgan fingerprint density at radius 3 is 2.56 bits per heavy atom. The van der Waals surface area contributed by atoms with E-state index in [1.807, 2.05) is 6.07 Å². The van der Waals surface area contributed by atoms with Gasteiger partial charge in [-0.05, 0) is 54.5 Å². The molecule has 4 rings (SSSR count). The Kier molecular flexibility index (Phi) is 6.53. The van der Waals surface area contributed by atoms with Gasteiger partial charge in [-0.15, -0.1) is 0 Å². The maximum atomic E-state index is 13.1. The lowest BCUT2D eigenvalue weighted by Crippen LogP contribution is -2.38. The number of aliphatic hydroxyl groups excluding tert-OH is 1. The second-order valence-corrected chi connectivity index (χ2v) is 8.43. The van der Waals surface area contributed by atoms with Crippen LogP contribution >= 0.6 is 11.6 Å². The highest BCUT2D eigenvalue weighted by molar-refractivity contribution is 6.46. The third-order valence-electron chi connectivity index (χ3n) is 6.24. The van der Waals surface area contributed by atoms with Crippen molar-refractivity contribution in [3.63, 3.8) is 0 Å². The first-order valence-corrected chi connectivity index (χ1v) is 11.3. The normalized spacial score (nSPS) is 19.5. The largest absolute Gasteiger partial charge is 0.507 e. The smallest absolute Gasteiger partial charge is 0.295 e. The van der Waals surface area contributed by atoms with E-state index in [1.165, 1.54) is 0 Å². The number of carbonyl (C=O) groups is 2. The molecule has 32 heavy (non-hydrogen) atoms. The van der Waals surface area contributed by atoms with Crippen molar-refractivity contribution < 1.29 is 19.4 Å². The summed E-state index contributed by atoms with van der Waals surface area (Å²) in [6.07, 6.45) is 0.745. The highest BCUT2D eigenvalue weighted by atomic mass is 35.5. The topological polar surface area (TPSA) is 70.1 Å². The Balaban J connectivity index is 1.78. The van der Waals surface area contributed by atoms with E-state index in [1.54, 1.807) is 41.3 Å². The molecule has 1 atom stereocenters. The minimum Gasteiger partial charge on any atom is -0.507 e. The number of carbonyl (C=O) groups excluding carboxylic acids is 2. The summed E-state index contributed by atoms with van der Waals surface area (Å²) in [4.78, 5) is 29.9. The van der Waals surface area contributed by atoms with Crippen molar-refractivity contribution in [1.29, 1.82) is 0 Å². The summed E-state index contributed by atoms with van der Waals surface area (Å²) in [7, 11) is 0. The third kappa shape index (κ3) is 4.12. The molecule has 0 spiro atoms. The van der Waals surface area contributed by atoms with Crippen LogP contribution in [0, 0.1) is 0 Å². The van der Waals surface area contributed by atoms with E-state index in [4.69, 9.17) is 16.3 Å². The van der Waals surface area contributed by atoms with Crippen molar-refractivity contribution in [2.45, 2.75) is 26.3 Å². The number of Topliss-reactive ketones (excluding diaryl/α,β-unsaturated/α-hetero) is 1. The van der Waals surface area contributed by atoms with Crippen LogP contribution in [0.15, 0.2) is 48.0 Å². The summed E-state index contributed by atoms with van der Waals surface area (Å²) in [6, 6.07) is 11.7. The van der Waals surface area contributed by atoms with Gasteiger partial charge in [0, 0.05) is 30.1 Å². The number of ketones is 1. The molecule has 0 bridgehead atoms. The van der Waals surface area contributed by atoms with Crippen LogP contribution in [-0.2, 0) is 16.0 Å². The zero-order valence-corrected chi connectivity index (χ0v) is 19.1. The Morgan fingerprint density at radius 2 is 1.88 bits per heavy atom. The molecule has 0 aliphatic carbocycles. The highest BCUT2D eigenvalue weighted by Gasteiger charge is 2.46. The summed E-state index contributed by atoms with van der Waals surface area (Å²) < 4.78 is 5.55.